The second kappa shape index (κ2) is 6.29. The average molecular weight is 290 g/mol. The highest BCUT2D eigenvalue weighted by Crippen LogP contribution is 2.26. The molecular weight excluding hydrogens is 270 g/mol. The Hall–Kier alpha value is -1.51. The van der Waals surface area contributed by atoms with Gasteiger partial charge in [0.25, 0.3) is 0 Å². The lowest BCUT2D eigenvalue weighted by Gasteiger charge is -2.16. The SMILES string of the molecule is Cc1cc(Cl)ccc1C(N)c1ccc(OC(C)C)cc1. The molecule has 2 aromatic carbocycles. The van der Waals surface area contributed by atoms with Crippen LogP contribution >= 0.6 is 11.6 Å². The van der Waals surface area contributed by atoms with Gasteiger partial charge in [0.15, 0.2) is 0 Å². The van der Waals surface area contributed by atoms with Gasteiger partial charge in [0, 0.05) is 5.02 Å². The monoisotopic (exact) mass is 289 g/mol. The molecule has 0 saturated carbocycles. The van der Waals surface area contributed by atoms with Crippen LogP contribution in [0, 0.1) is 6.92 Å². The maximum atomic E-state index is 6.33. The highest BCUT2D eigenvalue weighted by molar-refractivity contribution is 6.30. The van der Waals surface area contributed by atoms with Crippen LogP contribution in [-0.2, 0) is 0 Å². The molecule has 0 saturated heterocycles. The molecule has 0 fully saturated rings. The average Bonchev–Trinajstić information content (AvgIpc) is 2.38. The Morgan fingerprint density at radius 2 is 1.70 bits per heavy atom. The number of nitrogens with two attached hydrogens (primary N) is 1. The minimum absolute atomic E-state index is 0.152. The molecule has 2 aromatic rings. The summed E-state index contributed by atoms with van der Waals surface area (Å²) in [6.45, 7) is 6.05. The van der Waals surface area contributed by atoms with Crippen LogP contribution in [-0.4, -0.2) is 6.10 Å². The summed E-state index contributed by atoms with van der Waals surface area (Å²) >= 11 is 5.98. The Bertz CT molecular complexity index is 578. The van der Waals surface area contributed by atoms with Crippen LogP contribution in [0.3, 0.4) is 0 Å². The first-order chi connectivity index (χ1) is 9.47. The summed E-state index contributed by atoms with van der Waals surface area (Å²) in [5.41, 5.74) is 9.59. The summed E-state index contributed by atoms with van der Waals surface area (Å²) in [6.07, 6.45) is 0.174. The van der Waals surface area contributed by atoms with Crippen molar-refractivity contribution in [3.8, 4) is 5.75 Å². The van der Waals surface area contributed by atoms with E-state index >= 15 is 0 Å². The van der Waals surface area contributed by atoms with Gasteiger partial charge < -0.3 is 10.5 Å². The minimum Gasteiger partial charge on any atom is -0.491 e. The van der Waals surface area contributed by atoms with E-state index in [1.54, 1.807) is 0 Å². The van der Waals surface area contributed by atoms with Gasteiger partial charge in [-0.2, -0.15) is 0 Å². The van der Waals surface area contributed by atoms with Crippen LogP contribution in [0.4, 0.5) is 0 Å². The summed E-state index contributed by atoms with van der Waals surface area (Å²) in [4.78, 5) is 0. The molecule has 1 atom stereocenters. The van der Waals surface area contributed by atoms with Crippen LogP contribution < -0.4 is 10.5 Å². The molecule has 2 N–H and O–H groups in total. The number of aryl methyl sites for hydroxylation is 1. The van der Waals surface area contributed by atoms with Crippen molar-refractivity contribution in [3.63, 3.8) is 0 Å². The zero-order valence-electron chi connectivity index (χ0n) is 12.1. The van der Waals surface area contributed by atoms with Gasteiger partial charge in [-0.1, -0.05) is 29.8 Å². The van der Waals surface area contributed by atoms with E-state index in [2.05, 4.69) is 0 Å². The van der Waals surface area contributed by atoms with Crippen LogP contribution in [0.5, 0.6) is 5.75 Å². The van der Waals surface area contributed by atoms with Gasteiger partial charge in [0.2, 0.25) is 0 Å². The third kappa shape index (κ3) is 3.53. The van der Waals surface area contributed by atoms with Gasteiger partial charge in [-0.15, -0.1) is 0 Å². The van der Waals surface area contributed by atoms with Crippen molar-refractivity contribution in [1.82, 2.24) is 0 Å². The maximum Gasteiger partial charge on any atom is 0.119 e. The van der Waals surface area contributed by atoms with Gasteiger partial charge in [-0.05, 0) is 61.7 Å². The number of hydrogen-bond donors (Lipinski definition) is 1. The lowest BCUT2D eigenvalue weighted by Crippen LogP contribution is -2.13. The quantitative estimate of drug-likeness (QED) is 0.900. The van der Waals surface area contributed by atoms with E-state index in [4.69, 9.17) is 22.1 Å². The number of ether oxygens (including phenoxy) is 1. The molecule has 0 radical (unpaired) electrons. The summed E-state index contributed by atoms with van der Waals surface area (Å²) in [5.74, 6) is 0.865. The third-order valence-electron chi connectivity index (χ3n) is 3.18. The van der Waals surface area contributed by atoms with E-state index in [1.165, 1.54) is 0 Å². The van der Waals surface area contributed by atoms with Crippen molar-refractivity contribution < 1.29 is 4.74 Å². The van der Waals surface area contributed by atoms with E-state index in [1.807, 2.05) is 63.2 Å². The van der Waals surface area contributed by atoms with Crippen molar-refractivity contribution >= 4 is 11.6 Å². The van der Waals surface area contributed by atoms with Gasteiger partial charge in [-0.25, -0.2) is 0 Å². The minimum atomic E-state index is -0.152. The fourth-order valence-corrected chi connectivity index (χ4v) is 2.42. The highest BCUT2D eigenvalue weighted by atomic mass is 35.5. The molecule has 0 spiro atoms. The fourth-order valence-electron chi connectivity index (χ4n) is 2.19. The lowest BCUT2D eigenvalue weighted by atomic mass is 9.96. The summed E-state index contributed by atoms with van der Waals surface area (Å²) in [5, 5.41) is 0.735. The van der Waals surface area contributed by atoms with Gasteiger partial charge in [0.1, 0.15) is 5.75 Å². The van der Waals surface area contributed by atoms with E-state index < -0.39 is 0 Å². The molecule has 20 heavy (non-hydrogen) atoms. The highest BCUT2D eigenvalue weighted by Gasteiger charge is 2.12. The first kappa shape index (κ1) is 14.9. The molecule has 1 unspecified atom stereocenters. The normalized spacial score (nSPS) is 12.5. The van der Waals surface area contributed by atoms with Crippen LogP contribution in [0.25, 0.3) is 0 Å². The molecule has 0 bridgehead atoms. The number of hydrogen-bond acceptors (Lipinski definition) is 2. The largest absolute Gasteiger partial charge is 0.491 e. The molecule has 0 aliphatic rings. The van der Waals surface area contributed by atoms with Crippen molar-refractivity contribution in [2.45, 2.75) is 32.9 Å². The Kier molecular flexibility index (Phi) is 4.69. The summed E-state index contributed by atoms with van der Waals surface area (Å²) in [7, 11) is 0. The molecule has 3 heteroatoms. The summed E-state index contributed by atoms with van der Waals surface area (Å²) in [6, 6.07) is 13.6. The summed E-state index contributed by atoms with van der Waals surface area (Å²) < 4.78 is 5.64. The van der Waals surface area contributed by atoms with Gasteiger partial charge in [-0.3, -0.25) is 0 Å². The first-order valence-corrected chi connectivity index (χ1v) is 7.13. The molecule has 0 heterocycles. The van der Waals surface area contributed by atoms with Crippen LogP contribution in [0.1, 0.15) is 36.6 Å². The molecule has 0 aliphatic carbocycles. The third-order valence-corrected chi connectivity index (χ3v) is 3.41. The van der Waals surface area contributed by atoms with E-state index in [0.717, 1.165) is 27.5 Å². The first-order valence-electron chi connectivity index (χ1n) is 6.75. The molecule has 2 nitrogen and oxygen atoms in total. The standard InChI is InChI=1S/C17H20ClNO/c1-11(2)20-15-7-4-13(5-8-15)17(19)16-9-6-14(18)10-12(16)3/h4-11,17H,19H2,1-3H3. The van der Waals surface area contributed by atoms with E-state index in [0.29, 0.717) is 0 Å². The van der Waals surface area contributed by atoms with Crippen LogP contribution in [0.2, 0.25) is 5.02 Å². The molecule has 0 aromatic heterocycles. The van der Waals surface area contributed by atoms with Gasteiger partial charge in [0.05, 0.1) is 12.1 Å². The molecular formula is C17H20ClNO. The number of halogens is 1. The number of benzene rings is 2. The second-order valence-corrected chi connectivity index (χ2v) is 5.65. The molecule has 2 rings (SSSR count). The Morgan fingerprint density at radius 3 is 2.25 bits per heavy atom. The lowest BCUT2D eigenvalue weighted by molar-refractivity contribution is 0.242. The zero-order chi connectivity index (χ0) is 14.7. The fraction of sp³-hybridized carbons (Fsp3) is 0.294. The Labute approximate surface area is 125 Å². The predicted molar refractivity (Wildman–Crippen MR) is 84.4 cm³/mol. The smallest absolute Gasteiger partial charge is 0.119 e. The number of rotatable bonds is 4. The van der Waals surface area contributed by atoms with E-state index in [-0.39, 0.29) is 12.1 Å². The predicted octanol–water partition coefficient (Wildman–Crippen LogP) is 4.48. The molecule has 0 amide bonds. The van der Waals surface area contributed by atoms with Crippen molar-refractivity contribution in [2.24, 2.45) is 5.73 Å². The topological polar surface area (TPSA) is 35.2 Å². The maximum absolute atomic E-state index is 6.33. The van der Waals surface area contributed by atoms with Crippen molar-refractivity contribution in [2.75, 3.05) is 0 Å². The Morgan fingerprint density at radius 1 is 1.05 bits per heavy atom. The van der Waals surface area contributed by atoms with Crippen molar-refractivity contribution in [1.29, 1.82) is 0 Å². The van der Waals surface area contributed by atoms with E-state index in [9.17, 15) is 0 Å². The Balaban J connectivity index is 2.22. The van der Waals surface area contributed by atoms with Gasteiger partial charge >= 0.3 is 0 Å². The molecule has 106 valence electrons. The van der Waals surface area contributed by atoms with Crippen molar-refractivity contribution in [3.05, 3.63) is 64.2 Å². The second-order valence-electron chi connectivity index (χ2n) is 5.21. The molecule has 0 aliphatic heterocycles. The van der Waals surface area contributed by atoms with Crippen LogP contribution in [0.15, 0.2) is 42.5 Å². The zero-order valence-corrected chi connectivity index (χ0v) is 12.8.